The van der Waals surface area contributed by atoms with Crippen LogP contribution in [-0.2, 0) is 14.6 Å². The Bertz CT molecular complexity index is 1120. The minimum atomic E-state index is -3.66. The maximum absolute atomic E-state index is 12.8. The summed E-state index contributed by atoms with van der Waals surface area (Å²) in [5.74, 6) is -0.219. The van der Waals surface area contributed by atoms with E-state index in [9.17, 15) is 13.2 Å². The molecule has 0 aliphatic carbocycles. The van der Waals surface area contributed by atoms with Gasteiger partial charge >= 0.3 is 0 Å². The van der Waals surface area contributed by atoms with E-state index in [0.717, 1.165) is 5.56 Å². The molecule has 7 heteroatoms. The summed E-state index contributed by atoms with van der Waals surface area (Å²) in [5, 5.41) is 2.60. The van der Waals surface area contributed by atoms with Gasteiger partial charge in [-0.05, 0) is 54.6 Å². The van der Waals surface area contributed by atoms with Crippen molar-refractivity contribution < 1.29 is 13.2 Å². The summed E-state index contributed by atoms with van der Waals surface area (Å²) >= 11 is 0. The Kier molecular flexibility index (Phi) is 5.56. The van der Waals surface area contributed by atoms with Crippen molar-refractivity contribution >= 4 is 39.0 Å². The number of carbonyl (C=O) groups excluding carboxylic acids is 1. The molecule has 0 atom stereocenters. The van der Waals surface area contributed by atoms with Crippen molar-refractivity contribution in [1.29, 1.82) is 0 Å². The topological polar surface area (TPSA) is 102 Å². The first kappa shape index (κ1) is 19.3. The van der Waals surface area contributed by atoms with E-state index < -0.39 is 9.84 Å². The molecular weight excluding hydrogens is 374 g/mol. The van der Waals surface area contributed by atoms with E-state index in [1.807, 2.05) is 18.2 Å². The average Bonchev–Trinajstić information content (AvgIpc) is 2.68. The summed E-state index contributed by atoms with van der Waals surface area (Å²) in [6.45, 7) is 1.39. The van der Waals surface area contributed by atoms with E-state index in [4.69, 9.17) is 5.73 Å². The lowest BCUT2D eigenvalue weighted by atomic mass is 10.2. The third kappa shape index (κ3) is 4.44. The Morgan fingerprint density at radius 3 is 2.07 bits per heavy atom. The maximum Gasteiger partial charge on any atom is 0.221 e. The number of hydrogen-bond acceptors (Lipinski definition) is 5. The van der Waals surface area contributed by atoms with Crippen LogP contribution in [0.3, 0.4) is 0 Å². The van der Waals surface area contributed by atoms with Gasteiger partial charge in [0.2, 0.25) is 15.7 Å². The van der Waals surface area contributed by atoms with Crippen LogP contribution in [0.2, 0.25) is 0 Å². The molecule has 3 aromatic carbocycles. The van der Waals surface area contributed by atoms with Crippen molar-refractivity contribution in [2.24, 2.45) is 4.99 Å². The van der Waals surface area contributed by atoms with Crippen LogP contribution >= 0.6 is 0 Å². The van der Waals surface area contributed by atoms with Gasteiger partial charge in [0.25, 0.3) is 0 Å². The molecular formula is C21H19N3O3S. The normalized spacial score (nSPS) is 11.5. The van der Waals surface area contributed by atoms with Gasteiger partial charge in [-0.1, -0.05) is 18.2 Å². The second-order valence-corrected chi connectivity index (χ2v) is 8.04. The summed E-state index contributed by atoms with van der Waals surface area (Å²) in [5.41, 5.74) is 8.44. The summed E-state index contributed by atoms with van der Waals surface area (Å²) in [7, 11) is -3.66. The molecule has 3 rings (SSSR count). The van der Waals surface area contributed by atoms with Crippen molar-refractivity contribution in [3.05, 3.63) is 78.4 Å². The Morgan fingerprint density at radius 2 is 1.50 bits per heavy atom. The lowest BCUT2D eigenvalue weighted by molar-refractivity contribution is -0.114. The second kappa shape index (κ2) is 8.06. The molecule has 0 bridgehead atoms. The van der Waals surface area contributed by atoms with Crippen molar-refractivity contribution in [1.82, 2.24) is 0 Å². The number of benzene rings is 3. The highest BCUT2D eigenvalue weighted by Gasteiger charge is 2.17. The Labute approximate surface area is 163 Å². The molecule has 0 heterocycles. The second-order valence-electron chi connectivity index (χ2n) is 6.09. The standard InChI is InChI=1S/C21H19N3O3S/c1-15(25)24-18-8-12-20(13-9-18)28(26,27)19-10-6-17(7-11-19)23-14-16-4-2-3-5-21(16)22/h2-14H,22H2,1H3,(H,24,25)/b23-14+. The highest BCUT2D eigenvalue weighted by Crippen LogP contribution is 2.24. The minimum Gasteiger partial charge on any atom is -0.398 e. The van der Waals surface area contributed by atoms with E-state index >= 15 is 0 Å². The van der Waals surface area contributed by atoms with Gasteiger partial charge in [-0.15, -0.1) is 0 Å². The van der Waals surface area contributed by atoms with Crippen LogP contribution in [0, 0.1) is 0 Å². The van der Waals surface area contributed by atoms with Crippen LogP contribution in [0.25, 0.3) is 0 Å². The fourth-order valence-corrected chi connectivity index (χ4v) is 3.80. The number of amides is 1. The van der Waals surface area contributed by atoms with E-state index in [0.29, 0.717) is 17.1 Å². The van der Waals surface area contributed by atoms with Crippen LogP contribution in [0.1, 0.15) is 12.5 Å². The quantitative estimate of drug-likeness (QED) is 0.508. The number of nitrogen functional groups attached to an aromatic ring is 1. The number of carbonyl (C=O) groups is 1. The summed E-state index contributed by atoms with van der Waals surface area (Å²) < 4.78 is 25.5. The number of anilines is 2. The molecule has 142 valence electrons. The number of rotatable bonds is 5. The van der Waals surface area contributed by atoms with E-state index in [1.54, 1.807) is 36.5 Å². The first-order valence-corrected chi connectivity index (χ1v) is 9.96. The van der Waals surface area contributed by atoms with Gasteiger partial charge in [-0.3, -0.25) is 9.79 Å². The molecule has 0 aromatic heterocycles. The molecule has 3 N–H and O–H groups in total. The number of aliphatic imine (C=N–C) groups is 1. The van der Waals surface area contributed by atoms with Crippen molar-refractivity contribution in [3.8, 4) is 0 Å². The molecule has 0 saturated carbocycles. The Balaban J connectivity index is 1.80. The first-order valence-electron chi connectivity index (χ1n) is 8.47. The average molecular weight is 393 g/mol. The lowest BCUT2D eigenvalue weighted by Crippen LogP contribution is -2.06. The third-order valence-electron chi connectivity index (χ3n) is 3.98. The maximum atomic E-state index is 12.8. The first-order chi connectivity index (χ1) is 13.4. The molecule has 0 fully saturated rings. The van der Waals surface area contributed by atoms with Gasteiger partial charge < -0.3 is 11.1 Å². The zero-order chi connectivity index (χ0) is 20.1. The molecule has 0 aliphatic rings. The summed E-state index contributed by atoms with van der Waals surface area (Å²) in [4.78, 5) is 15.7. The molecule has 0 saturated heterocycles. The van der Waals surface area contributed by atoms with E-state index in [1.165, 1.54) is 31.2 Å². The van der Waals surface area contributed by atoms with Gasteiger partial charge in [0.15, 0.2) is 0 Å². The summed E-state index contributed by atoms with van der Waals surface area (Å²) in [6, 6.07) is 19.7. The van der Waals surface area contributed by atoms with Crippen LogP contribution in [0.4, 0.5) is 17.1 Å². The third-order valence-corrected chi connectivity index (χ3v) is 5.77. The van der Waals surface area contributed by atoms with Gasteiger partial charge in [0.1, 0.15) is 0 Å². The number of para-hydroxylation sites is 1. The summed E-state index contributed by atoms with van der Waals surface area (Å²) in [6.07, 6.45) is 1.64. The van der Waals surface area contributed by atoms with Crippen molar-refractivity contribution in [2.75, 3.05) is 11.1 Å². The van der Waals surface area contributed by atoms with E-state index in [2.05, 4.69) is 10.3 Å². The monoisotopic (exact) mass is 393 g/mol. The predicted octanol–water partition coefficient (Wildman–Crippen LogP) is 3.81. The highest BCUT2D eigenvalue weighted by atomic mass is 32.2. The molecule has 1 amide bonds. The van der Waals surface area contributed by atoms with Crippen LogP contribution in [-0.4, -0.2) is 20.5 Å². The Hall–Kier alpha value is -3.45. The van der Waals surface area contributed by atoms with Gasteiger partial charge in [-0.2, -0.15) is 0 Å². The SMILES string of the molecule is CC(=O)Nc1ccc(S(=O)(=O)c2ccc(/N=C/c3ccccc3N)cc2)cc1. The Morgan fingerprint density at radius 1 is 0.929 bits per heavy atom. The molecule has 0 radical (unpaired) electrons. The van der Waals surface area contributed by atoms with Crippen LogP contribution in [0.15, 0.2) is 87.6 Å². The van der Waals surface area contributed by atoms with Crippen molar-refractivity contribution in [2.45, 2.75) is 16.7 Å². The highest BCUT2D eigenvalue weighted by molar-refractivity contribution is 7.91. The van der Waals surface area contributed by atoms with Gasteiger partial charge in [-0.25, -0.2) is 8.42 Å². The zero-order valence-corrected chi connectivity index (χ0v) is 16.0. The fourth-order valence-electron chi connectivity index (χ4n) is 2.54. The predicted molar refractivity (Wildman–Crippen MR) is 111 cm³/mol. The number of hydrogen-bond donors (Lipinski definition) is 2. The minimum absolute atomic E-state index is 0.148. The van der Waals surface area contributed by atoms with Gasteiger partial charge in [0, 0.05) is 30.1 Å². The lowest BCUT2D eigenvalue weighted by Gasteiger charge is -2.07. The zero-order valence-electron chi connectivity index (χ0n) is 15.2. The number of nitrogens with zero attached hydrogens (tertiary/aromatic N) is 1. The number of nitrogens with two attached hydrogens (primary N) is 1. The molecule has 3 aromatic rings. The molecule has 28 heavy (non-hydrogen) atoms. The fraction of sp³-hybridized carbons (Fsp3) is 0.0476. The molecule has 6 nitrogen and oxygen atoms in total. The van der Waals surface area contributed by atoms with Crippen LogP contribution in [0.5, 0.6) is 0 Å². The largest absolute Gasteiger partial charge is 0.398 e. The number of sulfone groups is 1. The van der Waals surface area contributed by atoms with E-state index in [-0.39, 0.29) is 15.7 Å². The molecule has 0 unspecified atom stereocenters. The van der Waals surface area contributed by atoms with Crippen LogP contribution < -0.4 is 11.1 Å². The molecule has 0 spiro atoms. The van der Waals surface area contributed by atoms with Crippen molar-refractivity contribution in [3.63, 3.8) is 0 Å². The van der Waals surface area contributed by atoms with Gasteiger partial charge in [0.05, 0.1) is 15.5 Å². The smallest absolute Gasteiger partial charge is 0.221 e. The molecule has 0 aliphatic heterocycles. The number of nitrogens with one attached hydrogen (secondary N) is 1.